The smallest absolute Gasteiger partial charge is 0.406 e. The van der Waals surface area contributed by atoms with Gasteiger partial charge >= 0.3 is 6.36 Å². The van der Waals surface area contributed by atoms with Crippen molar-refractivity contribution in [2.24, 2.45) is 0 Å². The Balaban J connectivity index is 1.79. The zero-order valence-corrected chi connectivity index (χ0v) is 18.5. The highest BCUT2D eigenvalue weighted by Gasteiger charge is 2.31. The van der Waals surface area contributed by atoms with Gasteiger partial charge in [-0.2, -0.15) is 0 Å². The van der Waals surface area contributed by atoms with E-state index in [4.69, 9.17) is 0 Å². The normalized spacial score (nSPS) is 12.4. The largest absolute Gasteiger partial charge is 0.573 e. The summed E-state index contributed by atoms with van der Waals surface area (Å²) >= 11 is 0. The van der Waals surface area contributed by atoms with Crippen molar-refractivity contribution in [1.29, 1.82) is 0 Å². The van der Waals surface area contributed by atoms with E-state index in [-0.39, 0.29) is 30.2 Å². The predicted octanol–water partition coefficient (Wildman–Crippen LogP) is 2.11. The molecule has 1 amide bonds. The van der Waals surface area contributed by atoms with Gasteiger partial charge < -0.3 is 10.1 Å². The predicted molar refractivity (Wildman–Crippen MR) is 110 cm³/mol. The molecule has 0 bridgehead atoms. The van der Waals surface area contributed by atoms with Crippen LogP contribution < -0.4 is 14.8 Å². The van der Waals surface area contributed by atoms with E-state index < -0.39 is 37.9 Å². The van der Waals surface area contributed by atoms with E-state index in [2.05, 4.69) is 14.8 Å². The molecule has 2 N–H and O–H groups in total. The van der Waals surface area contributed by atoms with Crippen LogP contribution in [0.15, 0.2) is 53.4 Å². The fraction of sp³-hybridized carbons (Fsp3) is 0.316. The standard InChI is InChI=1S/C19H21F3N2O6S2/c1-31(26,27)13-15-4-2-14(3-5-15)12-23-18(25)10-11-24-32(28,29)17-8-6-16(7-9-17)30-19(20,21)22/h2-9,24H,10-13H2,1H3,(H,23,25). The second kappa shape index (κ2) is 10.3. The van der Waals surface area contributed by atoms with Gasteiger partial charge in [0.2, 0.25) is 15.9 Å². The number of alkyl halides is 3. The van der Waals surface area contributed by atoms with Gasteiger partial charge in [0.05, 0.1) is 10.6 Å². The third kappa shape index (κ3) is 9.24. The summed E-state index contributed by atoms with van der Waals surface area (Å²) < 4.78 is 89.2. The van der Waals surface area contributed by atoms with E-state index in [1.54, 1.807) is 24.3 Å². The van der Waals surface area contributed by atoms with Crippen molar-refractivity contribution in [2.75, 3.05) is 12.8 Å². The molecule has 8 nitrogen and oxygen atoms in total. The molecule has 2 aromatic rings. The Morgan fingerprint density at radius 2 is 1.50 bits per heavy atom. The Hall–Kier alpha value is -2.64. The van der Waals surface area contributed by atoms with Crippen LogP contribution in [0.4, 0.5) is 13.2 Å². The Bertz CT molecular complexity index is 1130. The van der Waals surface area contributed by atoms with E-state index in [0.717, 1.165) is 36.1 Å². The Morgan fingerprint density at radius 1 is 0.938 bits per heavy atom. The molecular weight excluding hydrogens is 473 g/mol. The number of amides is 1. The number of nitrogens with one attached hydrogen (secondary N) is 2. The van der Waals surface area contributed by atoms with Gasteiger partial charge in [0, 0.05) is 25.8 Å². The quantitative estimate of drug-likeness (QED) is 0.522. The van der Waals surface area contributed by atoms with Crippen LogP contribution in [0.3, 0.4) is 0 Å². The topological polar surface area (TPSA) is 119 Å². The van der Waals surface area contributed by atoms with Crippen molar-refractivity contribution in [1.82, 2.24) is 10.0 Å². The molecule has 0 radical (unpaired) electrons. The molecule has 13 heteroatoms. The fourth-order valence-corrected chi connectivity index (χ4v) is 4.38. The number of ether oxygens (including phenoxy) is 1. The summed E-state index contributed by atoms with van der Waals surface area (Å²) in [7, 11) is -7.16. The maximum atomic E-state index is 12.2. The third-order valence-corrected chi connectivity index (χ3v) is 6.29. The number of sulfonamides is 1. The first-order valence-electron chi connectivity index (χ1n) is 9.11. The lowest BCUT2D eigenvalue weighted by molar-refractivity contribution is -0.274. The van der Waals surface area contributed by atoms with Gasteiger partial charge in [-0.1, -0.05) is 24.3 Å². The number of benzene rings is 2. The molecule has 0 spiro atoms. The summed E-state index contributed by atoms with van der Waals surface area (Å²) in [5, 5.41) is 2.61. The van der Waals surface area contributed by atoms with Gasteiger partial charge in [0.1, 0.15) is 5.75 Å². The van der Waals surface area contributed by atoms with Crippen molar-refractivity contribution in [3.63, 3.8) is 0 Å². The highest BCUT2D eigenvalue weighted by Crippen LogP contribution is 2.23. The van der Waals surface area contributed by atoms with Crippen LogP contribution in [0.2, 0.25) is 0 Å². The number of carbonyl (C=O) groups is 1. The van der Waals surface area contributed by atoms with Gasteiger partial charge in [-0.25, -0.2) is 21.6 Å². The van der Waals surface area contributed by atoms with E-state index in [0.29, 0.717) is 5.56 Å². The maximum Gasteiger partial charge on any atom is 0.573 e. The number of carbonyl (C=O) groups excluding carboxylic acids is 1. The van der Waals surface area contributed by atoms with Gasteiger partial charge in [-0.15, -0.1) is 13.2 Å². The molecule has 2 aromatic carbocycles. The van der Waals surface area contributed by atoms with Crippen LogP contribution in [0.5, 0.6) is 5.75 Å². The first kappa shape index (κ1) is 25.6. The monoisotopic (exact) mass is 494 g/mol. The molecule has 0 saturated heterocycles. The van der Waals surface area contributed by atoms with Gasteiger partial charge in [-0.05, 0) is 35.4 Å². The average Bonchev–Trinajstić information content (AvgIpc) is 2.65. The van der Waals surface area contributed by atoms with E-state index >= 15 is 0 Å². The highest BCUT2D eigenvalue weighted by molar-refractivity contribution is 7.90. The summed E-state index contributed by atoms with van der Waals surface area (Å²) in [6, 6.07) is 10.3. The van der Waals surface area contributed by atoms with Crippen LogP contribution >= 0.6 is 0 Å². The molecule has 0 aromatic heterocycles. The molecule has 0 aliphatic heterocycles. The Morgan fingerprint density at radius 3 is 2.03 bits per heavy atom. The average molecular weight is 495 g/mol. The van der Waals surface area contributed by atoms with E-state index in [9.17, 15) is 34.8 Å². The number of sulfone groups is 1. The Labute approximate surface area is 183 Å². The molecule has 176 valence electrons. The molecule has 0 heterocycles. The Kier molecular flexibility index (Phi) is 8.26. The summed E-state index contributed by atoms with van der Waals surface area (Å²) in [5.41, 5.74) is 1.35. The highest BCUT2D eigenvalue weighted by atomic mass is 32.2. The molecule has 2 rings (SSSR count). The van der Waals surface area contributed by atoms with Crippen molar-refractivity contribution in [3.05, 3.63) is 59.7 Å². The van der Waals surface area contributed by atoms with Crippen LogP contribution in [-0.2, 0) is 37.0 Å². The number of halogens is 3. The summed E-state index contributed by atoms with van der Waals surface area (Å²) in [5.74, 6) is -1.07. The molecule has 0 unspecified atom stereocenters. The lowest BCUT2D eigenvalue weighted by Crippen LogP contribution is -2.30. The minimum atomic E-state index is -4.88. The fourth-order valence-electron chi connectivity index (χ4n) is 2.55. The third-order valence-electron chi connectivity index (χ3n) is 3.95. The molecule has 32 heavy (non-hydrogen) atoms. The van der Waals surface area contributed by atoms with Crippen LogP contribution in [0.1, 0.15) is 17.5 Å². The second-order valence-electron chi connectivity index (χ2n) is 6.83. The molecule has 0 fully saturated rings. The van der Waals surface area contributed by atoms with Gasteiger partial charge in [0.25, 0.3) is 0 Å². The number of hydrogen-bond donors (Lipinski definition) is 2. The zero-order chi connectivity index (χ0) is 24.0. The van der Waals surface area contributed by atoms with Crippen molar-refractivity contribution >= 4 is 25.8 Å². The minimum Gasteiger partial charge on any atom is -0.406 e. The van der Waals surface area contributed by atoms with Crippen molar-refractivity contribution < 1.29 is 39.5 Å². The zero-order valence-electron chi connectivity index (χ0n) is 16.8. The van der Waals surface area contributed by atoms with Gasteiger partial charge in [0.15, 0.2) is 9.84 Å². The lowest BCUT2D eigenvalue weighted by atomic mass is 10.1. The summed E-state index contributed by atoms with van der Waals surface area (Å²) in [6.07, 6.45) is -3.92. The second-order valence-corrected chi connectivity index (χ2v) is 10.7. The lowest BCUT2D eigenvalue weighted by Gasteiger charge is -2.10. The maximum absolute atomic E-state index is 12.2. The van der Waals surface area contributed by atoms with Crippen molar-refractivity contribution in [2.45, 2.75) is 30.0 Å². The van der Waals surface area contributed by atoms with Crippen LogP contribution in [0.25, 0.3) is 0 Å². The summed E-state index contributed by atoms with van der Waals surface area (Å²) in [4.78, 5) is 11.6. The molecule has 0 aliphatic rings. The first-order chi connectivity index (χ1) is 14.7. The summed E-state index contributed by atoms with van der Waals surface area (Å²) in [6.45, 7) is -0.0479. The molecular formula is C19H21F3N2O6S2. The van der Waals surface area contributed by atoms with Crippen LogP contribution in [0, 0.1) is 0 Å². The number of hydrogen-bond acceptors (Lipinski definition) is 6. The van der Waals surface area contributed by atoms with Crippen LogP contribution in [-0.4, -0.2) is 41.9 Å². The SMILES string of the molecule is CS(=O)(=O)Cc1ccc(CNC(=O)CCNS(=O)(=O)c2ccc(OC(F)(F)F)cc2)cc1. The number of rotatable bonds is 10. The molecule has 0 saturated carbocycles. The minimum absolute atomic E-state index is 0.0855. The van der Waals surface area contributed by atoms with Crippen molar-refractivity contribution in [3.8, 4) is 5.75 Å². The van der Waals surface area contributed by atoms with E-state index in [1.165, 1.54) is 0 Å². The van der Waals surface area contributed by atoms with Gasteiger partial charge in [-0.3, -0.25) is 4.79 Å². The molecule has 0 aliphatic carbocycles. The van der Waals surface area contributed by atoms with E-state index in [1.807, 2.05) is 0 Å². The first-order valence-corrected chi connectivity index (χ1v) is 12.7. The molecule has 0 atom stereocenters.